The molecule has 47 heavy (non-hydrogen) atoms. The van der Waals surface area contributed by atoms with Gasteiger partial charge in [-0.25, -0.2) is 69.8 Å². The lowest BCUT2D eigenvalue weighted by molar-refractivity contribution is 0.726. The van der Waals surface area contributed by atoms with E-state index in [9.17, 15) is 0 Å². The van der Waals surface area contributed by atoms with Crippen molar-refractivity contribution in [3.8, 4) is 0 Å². The molecule has 23 heteroatoms. The summed E-state index contributed by atoms with van der Waals surface area (Å²) in [5.41, 5.74) is 0. The van der Waals surface area contributed by atoms with Crippen LogP contribution in [0.25, 0.3) is 0 Å². The predicted octanol–water partition coefficient (Wildman–Crippen LogP) is 3.00. The average molecular weight is 719 g/mol. The summed E-state index contributed by atoms with van der Waals surface area (Å²) in [5.74, 6) is 3.54. The fourth-order valence-electron chi connectivity index (χ4n) is 3.76. The van der Waals surface area contributed by atoms with Gasteiger partial charge in [-0.1, -0.05) is 0 Å². The van der Waals surface area contributed by atoms with Crippen LogP contribution in [0.3, 0.4) is 0 Å². The molecule has 0 saturated heterocycles. The highest BCUT2D eigenvalue weighted by Crippen LogP contribution is 2.30. The van der Waals surface area contributed by atoms with Crippen LogP contribution in [-0.2, 0) is 6.42 Å². The third-order valence-electron chi connectivity index (χ3n) is 5.42. The molecule has 0 amide bonds. The molecule has 0 unspecified atom stereocenters. The monoisotopic (exact) mass is 718 g/mol. The Morgan fingerprint density at radius 1 is 0.319 bits per heavy atom. The highest BCUT2D eigenvalue weighted by molar-refractivity contribution is 8.00. The summed E-state index contributed by atoms with van der Waals surface area (Å²) in [6, 6.07) is 0. The van der Waals surface area contributed by atoms with Gasteiger partial charge >= 0.3 is 0 Å². The Balaban J connectivity index is 1.31. The topological polar surface area (TPSA) is 232 Å². The van der Waals surface area contributed by atoms with Crippen molar-refractivity contribution in [2.75, 3.05) is 0 Å². The van der Waals surface area contributed by atoms with Crippen LogP contribution in [0.15, 0.2) is 57.9 Å². The van der Waals surface area contributed by atoms with Crippen LogP contribution >= 0.6 is 58.8 Å². The van der Waals surface area contributed by atoms with Gasteiger partial charge in [0.15, 0.2) is 51.6 Å². The molecule has 12 bridgehead atoms. The van der Waals surface area contributed by atoms with Gasteiger partial charge in [0.1, 0.15) is 47.1 Å². The molecule has 7 heterocycles. The van der Waals surface area contributed by atoms with E-state index in [-0.39, 0.29) is 6.42 Å². The van der Waals surface area contributed by atoms with Gasteiger partial charge in [-0.05, 0) is 93.4 Å². The van der Waals surface area contributed by atoms with E-state index in [2.05, 4.69) is 89.7 Å². The Bertz CT molecular complexity index is 2010. The molecule has 1 aliphatic heterocycles. The Kier molecular flexibility index (Phi) is 9.02. The van der Waals surface area contributed by atoms with Gasteiger partial charge in [0.2, 0.25) is 0 Å². The molecule has 234 valence electrons. The van der Waals surface area contributed by atoms with Gasteiger partial charge in [0.05, 0.1) is 6.42 Å². The molecule has 0 fully saturated rings. The van der Waals surface area contributed by atoms with E-state index < -0.39 is 0 Å². The number of fused-ring (bicyclic) bond motifs is 12. The first-order valence-corrected chi connectivity index (χ1v) is 17.4. The van der Waals surface area contributed by atoms with Crippen LogP contribution in [0.4, 0.5) is 0 Å². The van der Waals surface area contributed by atoms with Crippen molar-refractivity contribution in [3.63, 3.8) is 0 Å². The first kappa shape index (κ1) is 31.4. The summed E-state index contributed by atoms with van der Waals surface area (Å²) in [4.78, 5) is 81.0. The smallest absolute Gasteiger partial charge is 0.199 e. The molecule has 7 rings (SSSR count). The number of nitrogens with zero attached hydrogens (tertiary/aromatic N) is 18. The van der Waals surface area contributed by atoms with Crippen molar-refractivity contribution in [2.45, 2.75) is 92.6 Å². The SMILES string of the molecule is Cc1nc2nc(n1)Sc1nc(C)nc(n1)Sc1ncnc(n1)Sc1nc(C)nc(n1)Sc1nc(C)nc(n1)Sc1nc(C)nc(n1)C2. The Hall–Kier alpha value is -4.19. The van der Waals surface area contributed by atoms with Crippen molar-refractivity contribution in [1.82, 2.24) is 89.7 Å². The molecule has 0 spiro atoms. The van der Waals surface area contributed by atoms with E-state index in [1.54, 1.807) is 34.6 Å². The van der Waals surface area contributed by atoms with Gasteiger partial charge in [0.25, 0.3) is 0 Å². The fraction of sp³-hybridized carbons (Fsp3) is 0.250. The number of aromatic nitrogens is 18. The highest BCUT2D eigenvalue weighted by Gasteiger charge is 2.18. The molecule has 0 aromatic carbocycles. The van der Waals surface area contributed by atoms with Crippen molar-refractivity contribution >= 4 is 58.8 Å². The molecule has 0 saturated carbocycles. The first-order chi connectivity index (χ1) is 22.7. The summed E-state index contributed by atoms with van der Waals surface area (Å²) in [6.45, 7) is 8.91. The largest absolute Gasteiger partial charge is 0.218 e. The minimum Gasteiger partial charge on any atom is -0.218 e. The van der Waals surface area contributed by atoms with E-state index in [1.165, 1.54) is 65.1 Å². The van der Waals surface area contributed by atoms with Gasteiger partial charge < -0.3 is 0 Å². The molecule has 0 aliphatic carbocycles. The maximum atomic E-state index is 4.64. The summed E-state index contributed by atoms with van der Waals surface area (Å²) in [7, 11) is 0. The van der Waals surface area contributed by atoms with Crippen LogP contribution in [-0.4, -0.2) is 89.7 Å². The molecule has 0 radical (unpaired) electrons. The number of hydrogen-bond donors (Lipinski definition) is 0. The minimum atomic E-state index is 0.239. The standard InChI is InChI=1S/C24H18N18S5/c1-8-27-13-6-14-28-9(2)30-18(38-14)46-22-34-12(5)36-24(42-22)47-23-35-11(4)32-20(41-23)44-16-26-7-25-15(39-16)43-19-31-10(3)33-21(40-19)45-17(29-8)37-13/h7H,6H2,1-5H3. The number of rotatable bonds is 0. The predicted molar refractivity (Wildman–Crippen MR) is 166 cm³/mol. The van der Waals surface area contributed by atoms with E-state index in [4.69, 9.17) is 0 Å². The van der Waals surface area contributed by atoms with Gasteiger partial charge in [0, 0.05) is 0 Å². The second kappa shape index (κ2) is 13.5. The molecule has 0 N–H and O–H groups in total. The fourth-order valence-corrected chi connectivity index (χ4v) is 7.79. The molecule has 1 aliphatic rings. The summed E-state index contributed by atoms with van der Waals surface area (Å²) >= 11 is 5.89. The Morgan fingerprint density at radius 3 is 0.915 bits per heavy atom. The molecule has 6 aromatic rings. The van der Waals surface area contributed by atoms with Crippen molar-refractivity contribution in [2.24, 2.45) is 0 Å². The second-order valence-corrected chi connectivity index (χ2v) is 13.9. The lowest BCUT2D eigenvalue weighted by Crippen LogP contribution is -2.08. The lowest BCUT2D eigenvalue weighted by Gasteiger charge is -2.08. The van der Waals surface area contributed by atoms with Gasteiger partial charge in [-0.15, -0.1) is 0 Å². The lowest BCUT2D eigenvalue weighted by atomic mass is 10.4. The van der Waals surface area contributed by atoms with Crippen LogP contribution in [0, 0.1) is 34.6 Å². The number of aryl methyl sites for hydroxylation is 5. The Morgan fingerprint density at radius 2 is 0.574 bits per heavy atom. The summed E-state index contributed by atoms with van der Waals surface area (Å²) in [5, 5.41) is 4.01. The summed E-state index contributed by atoms with van der Waals surface area (Å²) < 4.78 is 0. The van der Waals surface area contributed by atoms with Crippen molar-refractivity contribution in [3.05, 3.63) is 47.1 Å². The molecular formula is C24H18N18S5. The van der Waals surface area contributed by atoms with Crippen LogP contribution in [0.2, 0.25) is 0 Å². The van der Waals surface area contributed by atoms with Gasteiger partial charge in [-0.2, -0.15) is 19.9 Å². The van der Waals surface area contributed by atoms with Gasteiger partial charge in [-0.3, -0.25) is 0 Å². The second-order valence-electron chi connectivity index (χ2n) is 9.24. The van der Waals surface area contributed by atoms with Crippen LogP contribution in [0.5, 0.6) is 0 Å². The maximum Gasteiger partial charge on any atom is 0.199 e. The molecule has 18 nitrogen and oxygen atoms in total. The zero-order chi connectivity index (χ0) is 32.5. The van der Waals surface area contributed by atoms with Crippen molar-refractivity contribution < 1.29 is 0 Å². The zero-order valence-electron chi connectivity index (χ0n) is 24.9. The number of hydrogen-bond acceptors (Lipinski definition) is 23. The summed E-state index contributed by atoms with van der Waals surface area (Å²) in [6.07, 6.45) is 1.65. The normalized spacial score (nSPS) is 13.1. The van der Waals surface area contributed by atoms with E-state index >= 15 is 0 Å². The van der Waals surface area contributed by atoms with Crippen molar-refractivity contribution in [1.29, 1.82) is 0 Å². The highest BCUT2D eigenvalue weighted by atomic mass is 32.2. The minimum absolute atomic E-state index is 0.239. The Labute approximate surface area is 286 Å². The maximum absolute atomic E-state index is 4.64. The van der Waals surface area contributed by atoms with E-state index in [1.807, 2.05) is 0 Å². The third kappa shape index (κ3) is 8.22. The quantitative estimate of drug-likeness (QED) is 0.219. The average Bonchev–Trinajstić information content (AvgIpc) is 2.95. The van der Waals surface area contributed by atoms with Crippen LogP contribution < -0.4 is 0 Å². The van der Waals surface area contributed by atoms with Crippen LogP contribution in [0.1, 0.15) is 40.8 Å². The molecule has 0 atom stereocenters. The third-order valence-corrected chi connectivity index (χ3v) is 9.10. The zero-order valence-corrected chi connectivity index (χ0v) is 29.0. The van der Waals surface area contributed by atoms with E-state index in [0.29, 0.717) is 92.3 Å². The molecular weight excluding hydrogens is 701 g/mol. The molecule has 6 aromatic heterocycles. The van der Waals surface area contributed by atoms with E-state index in [0.717, 1.165) is 0 Å². The first-order valence-electron chi connectivity index (χ1n) is 13.4.